The highest BCUT2D eigenvalue weighted by atomic mass is 32.1. The molecule has 1 aliphatic carbocycles. The van der Waals surface area contributed by atoms with Crippen molar-refractivity contribution in [3.05, 3.63) is 38.9 Å². The van der Waals surface area contributed by atoms with Crippen molar-refractivity contribution in [3.8, 4) is 0 Å². The second-order valence-electron chi connectivity index (χ2n) is 5.61. The van der Waals surface area contributed by atoms with Crippen molar-refractivity contribution >= 4 is 33.8 Å². The Labute approximate surface area is 142 Å². The van der Waals surface area contributed by atoms with Crippen LogP contribution in [0.4, 0.5) is 16.5 Å². The summed E-state index contributed by atoms with van der Waals surface area (Å²) in [6.07, 6.45) is 3.78. The number of benzene rings is 1. The quantitative estimate of drug-likeness (QED) is 0.588. The molecular weight excluding hydrogens is 330 g/mol. The van der Waals surface area contributed by atoms with Gasteiger partial charge in [0.1, 0.15) is 10.7 Å². The van der Waals surface area contributed by atoms with E-state index in [2.05, 4.69) is 20.8 Å². The molecule has 1 saturated carbocycles. The third kappa shape index (κ3) is 3.85. The molecule has 0 unspecified atom stereocenters. The highest BCUT2D eigenvalue weighted by Gasteiger charge is 2.25. The van der Waals surface area contributed by atoms with Gasteiger partial charge in [0.25, 0.3) is 11.6 Å². The van der Waals surface area contributed by atoms with E-state index in [-0.39, 0.29) is 11.3 Å². The maximum atomic E-state index is 12.3. The molecule has 1 heterocycles. The number of nitrogens with zero attached hydrogens (tertiary/aromatic N) is 3. The van der Waals surface area contributed by atoms with E-state index in [1.54, 1.807) is 12.1 Å². The van der Waals surface area contributed by atoms with Crippen molar-refractivity contribution < 1.29 is 9.72 Å². The van der Waals surface area contributed by atoms with Gasteiger partial charge in [0.05, 0.1) is 4.92 Å². The zero-order chi connectivity index (χ0) is 17.1. The normalized spacial score (nSPS) is 13.5. The number of hydrogen-bond donors (Lipinski definition) is 2. The molecule has 0 radical (unpaired) electrons. The summed E-state index contributed by atoms with van der Waals surface area (Å²) in [5.74, 6) is -0.435. The van der Waals surface area contributed by atoms with Crippen molar-refractivity contribution in [2.24, 2.45) is 0 Å². The number of nitro groups is 1. The molecule has 2 aromatic rings. The van der Waals surface area contributed by atoms with Crippen molar-refractivity contribution in [1.82, 2.24) is 10.2 Å². The number of amides is 1. The van der Waals surface area contributed by atoms with Crippen LogP contribution in [0.1, 0.15) is 41.6 Å². The van der Waals surface area contributed by atoms with E-state index in [4.69, 9.17) is 0 Å². The highest BCUT2D eigenvalue weighted by molar-refractivity contribution is 7.15. The molecule has 24 heavy (non-hydrogen) atoms. The number of nitrogens with one attached hydrogen (secondary N) is 2. The summed E-state index contributed by atoms with van der Waals surface area (Å²) in [4.78, 5) is 23.1. The minimum Gasteiger partial charge on any atom is -0.377 e. The fourth-order valence-corrected chi connectivity index (χ4v) is 3.02. The van der Waals surface area contributed by atoms with Gasteiger partial charge in [-0.2, -0.15) is 0 Å². The Bertz CT molecular complexity index is 772. The molecule has 1 fully saturated rings. The second kappa shape index (κ2) is 6.91. The fourth-order valence-electron chi connectivity index (χ4n) is 2.18. The van der Waals surface area contributed by atoms with Crippen molar-refractivity contribution in [1.29, 1.82) is 0 Å². The predicted octanol–water partition coefficient (Wildman–Crippen LogP) is 3.23. The Kier molecular flexibility index (Phi) is 4.70. The summed E-state index contributed by atoms with van der Waals surface area (Å²) in [7, 11) is 0. The third-order valence-corrected chi connectivity index (χ3v) is 4.44. The lowest BCUT2D eigenvalue weighted by Crippen LogP contribution is -2.13. The van der Waals surface area contributed by atoms with Gasteiger partial charge in [-0.1, -0.05) is 18.3 Å². The number of nitro benzene ring substituents is 1. The van der Waals surface area contributed by atoms with Gasteiger partial charge in [0.2, 0.25) is 5.13 Å². The summed E-state index contributed by atoms with van der Waals surface area (Å²) >= 11 is 1.31. The van der Waals surface area contributed by atoms with Crippen LogP contribution in [0.25, 0.3) is 0 Å². The Morgan fingerprint density at radius 2 is 2.21 bits per heavy atom. The zero-order valence-electron chi connectivity index (χ0n) is 13.1. The van der Waals surface area contributed by atoms with Gasteiger partial charge >= 0.3 is 0 Å². The van der Waals surface area contributed by atoms with Crippen LogP contribution in [-0.4, -0.2) is 27.1 Å². The number of aryl methyl sites for hydroxylation is 1. The van der Waals surface area contributed by atoms with Crippen LogP contribution in [0.5, 0.6) is 0 Å². The van der Waals surface area contributed by atoms with Crippen LogP contribution in [0.3, 0.4) is 0 Å². The van der Waals surface area contributed by atoms with E-state index >= 15 is 0 Å². The maximum Gasteiger partial charge on any atom is 0.293 e. The number of rotatable bonds is 7. The lowest BCUT2D eigenvalue weighted by Gasteiger charge is -2.07. The van der Waals surface area contributed by atoms with E-state index in [1.165, 1.54) is 17.4 Å². The van der Waals surface area contributed by atoms with Gasteiger partial charge in [-0.3, -0.25) is 20.2 Å². The lowest BCUT2D eigenvalue weighted by molar-refractivity contribution is -0.384. The van der Waals surface area contributed by atoms with Gasteiger partial charge < -0.3 is 5.32 Å². The molecule has 1 amide bonds. The van der Waals surface area contributed by atoms with Crippen molar-refractivity contribution in [3.63, 3.8) is 0 Å². The van der Waals surface area contributed by atoms with Gasteiger partial charge in [-0.15, -0.1) is 10.2 Å². The Morgan fingerprint density at radius 3 is 2.88 bits per heavy atom. The number of hydrogen-bond acceptors (Lipinski definition) is 7. The second-order valence-corrected chi connectivity index (χ2v) is 6.67. The summed E-state index contributed by atoms with van der Waals surface area (Å²) in [6, 6.07) is 4.73. The fraction of sp³-hybridized carbons (Fsp3) is 0.400. The first-order valence-corrected chi connectivity index (χ1v) is 8.57. The topological polar surface area (TPSA) is 110 Å². The van der Waals surface area contributed by atoms with Gasteiger partial charge in [0.15, 0.2) is 0 Å². The van der Waals surface area contributed by atoms with Gasteiger partial charge in [-0.05, 0) is 31.4 Å². The summed E-state index contributed by atoms with van der Waals surface area (Å²) < 4.78 is 0. The zero-order valence-corrected chi connectivity index (χ0v) is 13.9. The van der Waals surface area contributed by atoms with Crippen molar-refractivity contribution in [2.45, 2.75) is 38.6 Å². The molecule has 1 aromatic heterocycles. The van der Waals surface area contributed by atoms with E-state index in [9.17, 15) is 14.9 Å². The van der Waals surface area contributed by atoms with Crippen LogP contribution in [-0.2, 0) is 6.42 Å². The first-order valence-electron chi connectivity index (χ1n) is 7.75. The van der Waals surface area contributed by atoms with Gasteiger partial charge in [-0.25, -0.2) is 0 Å². The van der Waals surface area contributed by atoms with E-state index in [0.717, 1.165) is 30.7 Å². The van der Waals surface area contributed by atoms with E-state index < -0.39 is 10.8 Å². The summed E-state index contributed by atoms with van der Waals surface area (Å²) in [6.45, 7) is 2.04. The molecule has 2 N–H and O–H groups in total. The molecule has 0 spiro atoms. The van der Waals surface area contributed by atoms with Crippen LogP contribution < -0.4 is 10.6 Å². The van der Waals surface area contributed by atoms with Crippen LogP contribution in [0.2, 0.25) is 0 Å². The van der Waals surface area contributed by atoms with Crippen LogP contribution >= 0.6 is 11.3 Å². The van der Waals surface area contributed by atoms with Crippen LogP contribution in [0.15, 0.2) is 18.2 Å². The molecule has 3 rings (SSSR count). The molecule has 8 nitrogen and oxygen atoms in total. The van der Waals surface area contributed by atoms with E-state index in [0.29, 0.717) is 16.9 Å². The first-order chi connectivity index (χ1) is 11.6. The minimum atomic E-state index is -0.480. The smallest absolute Gasteiger partial charge is 0.293 e. The molecule has 1 aliphatic rings. The molecule has 0 atom stereocenters. The number of anilines is 2. The average Bonchev–Trinajstić information content (AvgIpc) is 3.26. The Hall–Kier alpha value is -2.55. The molecule has 0 saturated heterocycles. The highest BCUT2D eigenvalue weighted by Crippen LogP contribution is 2.31. The maximum absolute atomic E-state index is 12.3. The minimum absolute atomic E-state index is 0.0986. The summed E-state index contributed by atoms with van der Waals surface area (Å²) in [5, 5.41) is 26.1. The molecular formula is C15H17N5O3S. The molecule has 1 aromatic carbocycles. The first kappa shape index (κ1) is 16.3. The summed E-state index contributed by atoms with van der Waals surface area (Å²) in [5.41, 5.74) is 0.564. The van der Waals surface area contributed by atoms with Gasteiger partial charge in [0, 0.05) is 24.1 Å². The number of carbonyl (C=O) groups excluding carboxylic acids is 1. The SMILES string of the molecule is CCCc1nnc(NC(=O)c2ccc(NC3CC3)c([N+](=O)[O-])c2)s1. The third-order valence-electron chi connectivity index (χ3n) is 3.54. The lowest BCUT2D eigenvalue weighted by atomic mass is 10.1. The Balaban J connectivity index is 1.75. The molecule has 9 heteroatoms. The Morgan fingerprint density at radius 1 is 1.42 bits per heavy atom. The average molecular weight is 347 g/mol. The van der Waals surface area contributed by atoms with Crippen molar-refractivity contribution in [2.75, 3.05) is 10.6 Å². The van der Waals surface area contributed by atoms with E-state index in [1.807, 2.05) is 6.92 Å². The standard InChI is InChI=1S/C15H17N5O3S/c1-2-3-13-18-19-15(24-13)17-14(21)9-4-7-11(16-10-5-6-10)12(8-9)20(22)23/h4,7-8,10,16H,2-3,5-6H2,1H3,(H,17,19,21). The largest absolute Gasteiger partial charge is 0.377 e. The predicted molar refractivity (Wildman–Crippen MR) is 91.6 cm³/mol. The molecule has 0 aliphatic heterocycles. The molecule has 126 valence electrons. The monoisotopic (exact) mass is 347 g/mol. The molecule has 0 bridgehead atoms. The number of aromatic nitrogens is 2. The van der Waals surface area contributed by atoms with Crippen LogP contribution in [0, 0.1) is 10.1 Å². The number of carbonyl (C=O) groups is 1.